The normalized spacial score (nSPS) is 14.6. The number of ether oxygens (including phenoxy) is 1. The van der Waals surface area contributed by atoms with Gasteiger partial charge in [-0.2, -0.15) is 0 Å². The fourth-order valence-corrected chi connectivity index (χ4v) is 2.06. The molecule has 0 fully saturated rings. The van der Waals surface area contributed by atoms with E-state index in [2.05, 4.69) is 10.3 Å². The first kappa shape index (κ1) is 14.6. The molecule has 0 saturated carbocycles. The average Bonchev–Trinajstić information content (AvgIpc) is 2.29. The van der Waals surface area contributed by atoms with Crippen molar-refractivity contribution in [2.75, 3.05) is 11.9 Å². The predicted octanol–water partition coefficient (Wildman–Crippen LogP) is 2.42. The second kappa shape index (κ2) is 5.28. The Morgan fingerprint density at radius 1 is 1.50 bits per heavy atom. The number of urea groups is 1. The van der Waals surface area contributed by atoms with Crippen molar-refractivity contribution in [3.05, 3.63) is 23.0 Å². The number of aromatic nitrogens is 1. The first-order valence-electron chi connectivity index (χ1n) is 6.16. The molecule has 1 aliphatic rings. The summed E-state index contributed by atoms with van der Waals surface area (Å²) in [5.41, 5.74) is 0.732. The minimum absolute atomic E-state index is 0.124. The molecule has 0 atom stereocenters. The molecule has 1 aliphatic heterocycles. The molecule has 0 aliphatic carbocycles. The quantitative estimate of drug-likeness (QED) is 0.851. The van der Waals surface area contributed by atoms with Crippen LogP contribution in [0.15, 0.2) is 12.4 Å². The molecule has 7 heteroatoms. The zero-order valence-electron chi connectivity index (χ0n) is 11.6. The van der Waals surface area contributed by atoms with Gasteiger partial charge in [-0.1, -0.05) is 11.6 Å². The lowest BCUT2D eigenvalue weighted by molar-refractivity contribution is -0.155. The summed E-state index contributed by atoms with van der Waals surface area (Å²) in [4.78, 5) is 28.9. The van der Waals surface area contributed by atoms with Gasteiger partial charge in [-0.05, 0) is 20.8 Å². The highest BCUT2D eigenvalue weighted by Crippen LogP contribution is 2.28. The van der Waals surface area contributed by atoms with E-state index in [9.17, 15) is 9.59 Å². The molecule has 2 heterocycles. The Kier molecular flexibility index (Phi) is 3.85. The van der Waals surface area contributed by atoms with E-state index in [1.165, 1.54) is 17.3 Å². The molecule has 6 nitrogen and oxygen atoms in total. The van der Waals surface area contributed by atoms with Crippen molar-refractivity contribution in [1.29, 1.82) is 0 Å². The number of pyridine rings is 1. The Labute approximate surface area is 122 Å². The largest absolute Gasteiger partial charge is 0.459 e. The average molecular weight is 298 g/mol. The predicted molar refractivity (Wildman–Crippen MR) is 74.5 cm³/mol. The van der Waals surface area contributed by atoms with E-state index < -0.39 is 11.6 Å². The molecule has 0 saturated heterocycles. The number of nitrogens with one attached hydrogen (secondary N) is 1. The Morgan fingerprint density at radius 3 is 2.85 bits per heavy atom. The molecule has 1 aromatic rings. The van der Waals surface area contributed by atoms with Gasteiger partial charge in [-0.3, -0.25) is 9.78 Å². The molecule has 1 N–H and O–H groups in total. The molecule has 1 aromatic heterocycles. The molecule has 0 spiro atoms. The summed E-state index contributed by atoms with van der Waals surface area (Å²) < 4.78 is 5.20. The third-order valence-electron chi connectivity index (χ3n) is 2.62. The molecular formula is C13H16ClN3O3. The zero-order chi connectivity index (χ0) is 14.9. The van der Waals surface area contributed by atoms with E-state index >= 15 is 0 Å². The van der Waals surface area contributed by atoms with Gasteiger partial charge in [0.15, 0.2) is 0 Å². The van der Waals surface area contributed by atoms with Crippen LogP contribution < -0.4 is 5.32 Å². The number of esters is 1. The number of carbonyl (C=O) groups is 2. The molecule has 108 valence electrons. The van der Waals surface area contributed by atoms with Crippen LogP contribution in [0.5, 0.6) is 0 Å². The van der Waals surface area contributed by atoms with Crippen LogP contribution in [0.2, 0.25) is 5.02 Å². The van der Waals surface area contributed by atoms with Crippen LogP contribution in [0.4, 0.5) is 10.5 Å². The minimum atomic E-state index is -0.581. The highest BCUT2D eigenvalue weighted by Gasteiger charge is 2.28. The number of rotatable bonds is 2. The van der Waals surface area contributed by atoms with Crippen molar-refractivity contribution < 1.29 is 14.3 Å². The standard InChI is InChI=1S/C13H16ClN3O3/c1-13(2,3)20-11(18)7-17-6-8-9(14)4-15-5-10(8)16-12(17)19/h4-5H,6-7H2,1-3H3,(H,16,19). The zero-order valence-corrected chi connectivity index (χ0v) is 12.3. The van der Waals surface area contributed by atoms with Crippen molar-refractivity contribution in [1.82, 2.24) is 9.88 Å². The van der Waals surface area contributed by atoms with E-state index in [0.717, 1.165) is 5.56 Å². The van der Waals surface area contributed by atoms with E-state index in [1.807, 2.05) is 0 Å². The van der Waals surface area contributed by atoms with Gasteiger partial charge in [0.25, 0.3) is 0 Å². The van der Waals surface area contributed by atoms with Crippen molar-refractivity contribution >= 4 is 29.3 Å². The Bertz CT molecular complexity index is 554. The van der Waals surface area contributed by atoms with Crippen molar-refractivity contribution in [3.8, 4) is 0 Å². The number of carbonyl (C=O) groups excluding carboxylic acids is 2. The van der Waals surface area contributed by atoms with Gasteiger partial charge in [0.05, 0.1) is 23.5 Å². The van der Waals surface area contributed by atoms with Gasteiger partial charge >= 0.3 is 12.0 Å². The summed E-state index contributed by atoms with van der Waals surface area (Å²) in [6.45, 7) is 5.46. The summed E-state index contributed by atoms with van der Waals surface area (Å²) in [6.07, 6.45) is 3.04. The topological polar surface area (TPSA) is 71.5 Å². The summed E-state index contributed by atoms with van der Waals surface area (Å²) in [5, 5.41) is 3.11. The molecule has 0 bridgehead atoms. The fourth-order valence-electron chi connectivity index (χ4n) is 1.84. The van der Waals surface area contributed by atoms with E-state index in [-0.39, 0.29) is 19.1 Å². The maximum absolute atomic E-state index is 11.9. The molecular weight excluding hydrogens is 282 g/mol. The Hall–Kier alpha value is -1.82. The SMILES string of the molecule is CC(C)(C)OC(=O)CN1Cc2c(Cl)cncc2NC1=O. The number of anilines is 1. The Morgan fingerprint density at radius 2 is 2.20 bits per heavy atom. The summed E-state index contributed by atoms with van der Waals surface area (Å²) in [6, 6.07) is -0.368. The van der Waals surface area contributed by atoms with Gasteiger partial charge in [-0.25, -0.2) is 4.79 Å². The number of amides is 2. The molecule has 0 radical (unpaired) electrons. The van der Waals surface area contributed by atoms with Crippen molar-refractivity contribution in [3.63, 3.8) is 0 Å². The van der Waals surface area contributed by atoms with Crippen LogP contribution in [0, 0.1) is 0 Å². The van der Waals surface area contributed by atoms with Gasteiger partial charge in [0, 0.05) is 11.8 Å². The maximum atomic E-state index is 11.9. The summed E-state index contributed by atoms with van der Waals surface area (Å²) in [7, 11) is 0. The van der Waals surface area contributed by atoms with Crippen LogP contribution in [-0.4, -0.2) is 34.0 Å². The number of fused-ring (bicyclic) bond motifs is 1. The summed E-state index contributed by atoms with van der Waals surface area (Å²) in [5.74, 6) is -0.457. The second-order valence-electron chi connectivity index (χ2n) is 5.52. The second-order valence-corrected chi connectivity index (χ2v) is 5.93. The first-order valence-corrected chi connectivity index (χ1v) is 6.54. The lowest BCUT2D eigenvalue weighted by Gasteiger charge is -2.30. The van der Waals surface area contributed by atoms with Crippen LogP contribution >= 0.6 is 11.6 Å². The maximum Gasteiger partial charge on any atom is 0.326 e. The minimum Gasteiger partial charge on any atom is -0.459 e. The molecule has 2 amide bonds. The number of halogens is 1. The van der Waals surface area contributed by atoms with Gasteiger partial charge in [0.2, 0.25) is 0 Å². The smallest absolute Gasteiger partial charge is 0.326 e. The molecule has 0 unspecified atom stereocenters. The van der Waals surface area contributed by atoms with Gasteiger partial charge < -0.3 is 15.0 Å². The van der Waals surface area contributed by atoms with Crippen LogP contribution in [0.25, 0.3) is 0 Å². The van der Waals surface area contributed by atoms with Crippen LogP contribution in [-0.2, 0) is 16.1 Å². The third-order valence-corrected chi connectivity index (χ3v) is 2.95. The molecule has 20 heavy (non-hydrogen) atoms. The number of hydrogen-bond donors (Lipinski definition) is 1. The van der Waals surface area contributed by atoms with Crippen LogP contribution in [0.3, 0.4) is 0 Å². The lowest BCUT2D eigenvalue weighted by Crippen LogP contribution is -2.43. The highest BCUT2D eigenvalue weighted by molar-refractivity contribution is 6.31. The number of hydrogen-bond acceptors (Lipinski definition) is 4. The number of nitrogens with zero attached hydrogens (tertiary/aromatic N) is 2. The first-order chi connectivity index (χ1) is 9.26. The van der Waals surface area contributed by atoms with Crippen molar-refractivity contribution in [2.24, 2.45) is 0 Å². The third kappa shape index (κ3) is 3.39. The van der Waals surface area contributed by atoms with E-state index in [4.69, 9.17) is 16.3 Å². The fraction of sp³-hybridized carbons (Fsp3) is 0.462. The van der Waals surface area contributed by atoms with E-state index in [1.54, 1.807) is 20.8 Å². The van der Waals surface area contributed by atoms with Gasteiger partial charge in [0.1, 0.15) is 12.1 Å². The molecule has 2 rings (SSSR count). The van der Waals surface area contributed by atoms with Gasteiger partial charge in [-0.15, -0.1) is 0 Å². The monoisotopic (exact) mass is 297 g/mol. The highest BCUT2D eigenvalue weighted by atomic mass is 35.5. The van der Waals surface area contributed by atoms with Crippen LogP contribution in [0.1, 0.15) is 26.3 Å². The van der Waals surface area contributed by atoms with Crippen molar-refractivity contribution in [2.45, 2.75) is 32.9 Å². The summed E-state index contributed by atoms with van der Waals surface area (Å²) >= 11 is 6.04. The van der Waals surface area contributed by atoms with E-state index in [0.29, 0.717) is 10.7 Å². The Balaban J connectivity index is 2.10. The molecule has 0 aromatic carbocycles. The lowest BCUT2D eigenvalue weighted by atomic mass is 10.1.